The number of rotatable bonds is 8. The number of amides is 3. The number of ether oxygens (including phenoxy) is 3. The molecule has 4 rings (SSSR count). The lowest BCUT2D eigenvalue weighted by molar-refractivity contribution is 0.0642. The molecule has 1 aliphatic rings. The number of nitrogens with zero attached hydrogens (tertiary/aromatic N) is 1. The molecule has 3 aromatic carbocycles. The summed E-state index contributed by atoms with van der Waals surface area (Å²) in [5, 5.41) is 2.87. The topological polar surface area (TPSA) is 94.2 Å². The Hall–Kier alpha value is -4.33. The summed E-state index contributed by atoms with van der Waals surface area (Å²) in [6, 6.07) is 17.1. The van der Waals surface area contributed by atoms with Crippen molar-refractivity contribution < 1.29 is 28.6 Å². The molecule has 1 N–H and O–H groups in total. The van der Waals surface area contributed by atoms with Gasteiger partial charge in [-0.1, -0.05) is 24.3 Å². The van der Waals surface area contributed by atoms with Crippen molar-refractivity contribution in [3.8, 4) is 17.2 Å². The number of imide groups is 1. The first-order valence-corrected chi connectivity index (χ1v) is 10.6. The minimum absolute atomic E-state index is 0.0837. The van der Waals surface area contributed by atoms with Crippen LogP contribution in [-0.4, -0.2) is 44.0 Å². The SMILES string of the molecule is COc1cc(CNC(=O)c2cccc(CN3C(=O)c4ccccc4C3=O)c2)cc(OC)c1OC. The van der Waals surface area contributed by atoms with E-state index in [1.54, 1.807) is 60.7 Å². The van der Waals surface area contributed by atoms with Crippen molar-refractivity contribution in [1.82, 2.24) is 10.2 Å². The van der Waals surface area contributed by atoms with Crippen molar-refractivity contribution in [2.24, 2.45) is 0 Å². The van der Waals surface area contributed by atoms with Crippen LogP contribution in [0.4, 0.5) is 0 Å². The van der Waals surface area contributed by atoms with E-state index in [-0.39, 0.29) is 30.8 Å². The molecule has 0 aromatic heterocycles. The van der Waals surface area contributed by atoms with Gasteiger partial charge in [0.05, 0.1) is 39.0 Å². The van der Waals surface area contributed by atoms with Crippen LogP contribution in [0.25, 0.3) is 0 Å². The van der Waals surface area contributed by atoms with Crippen molar-refractivity contribution in [3.63, 3.8) is 0 Å². The molecule has 3 amide bonds. The van der Waals surface area contributed by atoms with E-state index in [0.29, 0.717) is 39.5 Å². The third-order valence-corrected chi connectivity index (χ3v) is 5.59. The van der Waals surface area contributed by atoms with Crippen LogP contribution in [0.2, 0.25) is 0 Å². The maximum Gasteiger partial charge on any atom is 0.261 e. The Balaban J connectivity index is 1.46. The van der Waals surface area contributed by atoms with Gasteiger partial charge in [-0.25, -0.2) is 0 Å². The highest BCUT2D eigenvalue weighted by Crippen LogP contribution is 2.38. The molecule has 8 heteroatoms. The minimum Gasteiger partial charge on any atom is -0.493 e. The molecule has 34 heavy (non-hydrogen) atoms. The molecule has 174 valence electrons. The third-order valence-electron chi connectivity index (χ3n) is 5.59. The lowest BCUT2D eigenvalue weighted by atomic mass is 10.1. The van der Waals surface area contributed by atoms with Gasteiger partial charge in [-0.2, -0.15) is 0 Å². The van der Waals surface area contributed by atoms with Gasteiger partial charge in [-0.3, -0.25) is 19.3 Å². The van der Waals surface area contributed by atoms with Crippen LogP contribution in [0.15, 0.2) is 60.7 Å². The van der Waals surface area contributed by atoms with Gasteiger partial charge in [-0.15, -0.1) is 0 Å². The third kappa shape index (κ3) is 4.30. The Morgan fingerprint density at radius 3 is 1.97 bits per heavy atom. The van der Waals surface area contributed by atoms with Crippen LogP contribution < -0.4 is 19.5 Å². The summed E-state index contributed by atoms with van der Waals surface area (Å²) in [4.78, 5) is 39.3. The van der Waals surface area contributed by atoms with E-state index < -0.39 is 0 Å². The molecule has 0 spiro atoms. The van der Waals surface area contributed by atoms with E-state index in [4.69, 9.17) is 14.2 Å². The maximum atomic E-state index is 12.8. The normalized spacial score (nSPS) is 12.4. The van der Waals surface area contributed by atoms with Gasteiger partial charge in [-0.05, 0) is 47.5 Å². The van der Waals surface area contributed by atoms with Gasteiger partial charge in [0.2, 0.25) is 5.75 Å². The standard InChI is InChI=1S/C26H24N2O6/c1-32-21-12-17(13-22(33-2)23(21)34-3)14-27-24(29)18-8-6-7-16(11-18)15-28-25(30)19-9-4-5-10-20(19)26(28)31/h4-13H,14-15H2,1-3H3,(H,27,29). The number of nitrogens with one attached hydrogen (secondary N) is 1. The minimum atomic E-state index is -0.335. The Labute approximate surface area is 197 Å². The molecule has 8 nitrogen and oxygen atoms in total. The fourth-order valence-electron chi connectivity index (χ4n) is 3.90. The Morgan fingerprint density at radius 1 is 0.794 bits per heavy atom. The lowest BCUT2D eigenvalue weighted by Gasteiger charge is -2.15. The van der Waals surface area contributed by atoms with Gasteiger partial charge in [0.15, 0.2) is 11.5 Å². The van der Waals surface area contributed by atoms with Crippen LogP contribution in [0, 0.1) is 0 Å². The molecule has 0 aliphatic carbocycles. The first-order valence-electron chi connectivity index (χ1n) is 10.6. The average molecular weight is 460 g/mol. The van der Waals surface area contributed by atoms with Crippen LogP contribution in [0.1, 0.15) is 42.2 Å². The summed E-state index contributed by atoms with van der Waals surface area (Å²) in [6.07, 6.45) is 0. The zero-order valence-electron chi connectivity index (χ0n) is 19.1. The lowest BCUT2D eigenvalue weighted by Crippen LogP contribution is -2.29. The molecular formula is C26H24N2O6. The quantitative estimate of drug-likeness (QED) is 0.518. The summed E-state index contributed by atoms with van der Waals surface area (Å²) in [7, 11) is 4.58. The molecule has 0 saturated heterocycles. The van der Waals surface area contributed by atoms with Crippen molar-refractivity contribution in [1.29, 1.82) is 0 Å². The molecule has 1 heterocycles. The number of fused-ring (bicyclic) bond motifs is 1. The molecule has 0 unspecified atom stereocenters. The van der Waals surface area contributed by atoms with E-state index in [1.165, 1.54) is 26.2 Å². The van der Waals surface area contributed by atoms with Crippen LogP contribution in [-0.2, 0) is 13.1 Å². The van der Waals surface area contributed by atoms with Crippen molar-refractivity contribution >= 4 is 17.7 Å². The van der Waals surface area contributed by atoms with Crippen LogP contribution >= 0.6 is 0 Å². The Morgan fingerprint density at radius 2 is 1.41 bits per heavy atom. The average Bonchev–Trinajstić information content (AvgIpc) is 3.11. The summed E-state index contributed by atoms with van der Waals surface area (Å²) in [5.74, 6) is 0.498. The van der Waals surface area contributed by atoms with Crippen LogP contribution in [0.3, 0.4) is 0 Å². The Bertz CT molecular complexity index is 1210. The Kier molecular flexibility index (Phi) is 6.49. The largest absolute Gasteiger partial charge is 0.493 e. The predicted molar refractivity (Wildman–Crippen MR) is 124 cm³/mol. The first kappa shape index (κ1) is 22.8. The van der Waals surface area contributed by atoms with E-state index in [9.17, 15) is 14.4 Å². The number of methoxy groups -OCH3 is 3. The second-order valence-electron chi connectivity index (χ2n) is 7.66. The summed E-state index contributed by atoms with van der Waals surface area (Å²) in [6.45, 7) is 0.318. The van der Waals surface area contributed by atoms with Gasteiger partial charge < -0.3 is 19.5 Å². The summed E-state index contributed by atoms with van der Waals surface area (Å²) >= 11 is 0. The molecule has 0 radical (unpaired) electrons. The van der Waals surface area contributed by atoms with E-state index in [0.717, 1.165) is 5.56 Å². The first-order chi connectivity index (χ1) is 16.5. The zero-order chi connectivity index (χ0) is 24.2. The van der Waals surface area contributed by atoms with Crippen molar-refractivity contribution in [2.45, 2.75) is 13.1 Å². The number of hydrogen-bond acceptors (Lipinski definition) is 6. The van der Waals surface area contributed by atoms with Crippen LogP contribution in [0.5, 0.6) is 17.2 Å². The molecular weight excluding hydrogens is 436 g/mol. The second kappa shape index (κ2) is 9.66. The molecule has 1 aliphatic heterocycles. The summed E-state index contributed by atoms with van der Waals surface area (Å²) < 4.78 is 16.0. The monoisotopic (exact) mass is 460 g/mol. The van der Waals surface area contributed by atoms with Gasteiger partial charge in [0, 0.05) is 12.1 Å². The van der Waals surface area contributed by atoms with Gasteiger partial charge in [0.25, 0.3) is 17.7 Å². The zero-order valence-corrected chi connectivity index (χ0v) is 19.1. The number of hydrogen-bond donors (Lipinski definition) is 1. The number of carbonyl (C=O) groups excluding carboxylic acids is 3. The van der Waals surface area contributed by atoms with E-state index in [1.807, 2.05) is 0 Å². The molecule has 0 saturated carbocycles. The highest BCUT2D eigenvalue weighted by Gasteiger charge is 2.35. The fourth-order valence-corrected chi connectivity index (χ4v) is 3.90. The van der Waals surface area contributed by atoms with E-state index >= 15 is 0 Å². The highest BCUT2D eigenvalue weighted by atomic mass is 16.5. The summed E-state index contributed by atoms with van der Waals surface area (Å²) in [5.41, 5.74) is 2.65. The predicted octanol–water partition coefficient (Wildman–Crippen LogP) is 3.44. The highest BCUT2D eigenvalue weighted by molar-refractivity contribution is 6.21. The number of carbonyl (C=O) groups is 3. The van der Waals surface area contributed by atoms with Gasteiger partial charge in [0.1, 0.15) is 0 Å². The molecule has 0 fully saturated rings. The van der Waals surface area contributed by atoms with Gasteiger partial charge >= 0.3 is 0 Å². The maximum absolute atomic E-state index is 12.8. The molecule has 0 bridgehead atoms. The van der Waals surface area contributed by atoms with Crippen molar-refractivity contribution in [2.75, 3.05) is 21.3 Å². The van der Waals surface area contributed by atoms with Crippen molar-refractivity contribution in [3.05, 3.63) is 88.5 Å². The number of benzene rings is 3. The molecule has 3 aromatic rings. The smallest absolute Gasteiger partial charge is 0.261 e. The second-order valence-corrected chi connectivity index (χ2v) is 7.66. The van der Waals surface area contributed by atoms with E-state index in [2.05, 4.69) is 5.32 Å². The molecule has 0 atom stereocenters. The fraction of sp³-hybridized carbons (Fsp3) is 0.192.